The Hall–Kier alpha value is -2.35. The van der Waals surface area contributed by atoms with Crippen LogP contribution in [0.15, 0.2) is 35.5 Å². The van der Waals surface area contributed by atoms with E-state index in [0.717, 1.165) is 11.5 Å². The average molecular weight is 331 g/mol. The van der Waals surface area contributed by atoms with Crippen molar-refractivity contribution in [1.82, 2.24) is 25.0 Å². The van der Waals surface area contributed by atoms with Crippen molar-refractivity contribution in [1.29, 1.82) is 0 Å². The Kier molecular flexibility index (Phi) is 4.33. The lowest BCUT2D eigenvalue weighted by Crippen LogP contribution is -2.39. The average Bonchev–Trinajstić information content (AvgIpc) is 3.13. The standard InChI is InChI=1S/C15H17N5O2S/c1-10(13(21)19-9-8-16-14(19)22)23-15-18-17-11(2)20(15)12-6-4-3-5-7-12/h3-7,10H,8-9H2,1-2H3,(H,16,22)/t10-/m0/s1. The molecule has 1 aliphatic heterocycles. The summed E-state index contributed by atoms with van der Waals surface area (Å²) in [6.07, 6.45) is 0. The molecule has 0 aliphatic carbocycles. The summed E-state index contributed by atoms with van der Waals surface area (Å²) in [5.74, 6) is 0.530. The molecule has 0 bridgehead atoms. The molecule has 3 amide bonds. The molecule has 0 spiro atoms. The number of nitrogens with one attached hydrogen (secondary N) is 1. The van der Waals surface area contributed by atoms with Gasteiger partial charge in [-0.2, -0.15) is 0 Å². The van der Waals surface area contributed by atoms with Crippen molar-refractivity contribution in [3.63, 3.8) is 0 Å². The molecule has 1 aromatic carbocycles. The first-order chi connectivity index (χ1) is 11.1. The maximum atomic E-state index is 12.4. The second kappa shape index (κ2) is 6.41. The molecule has 1 fully saturated rings. The molecule has 1 N–H and O–H groups in total. The summed E-state index contributed by atoms with van der Waals surface area (Å²) in [6.45, 7) is 4.55. The minimum atomic E-state index is -0.426. The van der Waals surface area contributed by atoms with Gasteiger partial charge in [-0.3, -0.25) is 14.3 Å². The Bertz CT molecular complexity index is 731. The Morgan fingerprint density at radius 3 is 2.70 bits per heavy atom. The summed E-state index contributed by atoms with van der Waals surface area (Å²) in [6, 6.07) is 9.40. The van der Waals surface area contributed by atoms with Crippen LogP contribution in [0.3, 0.4) is 0 Å². The number of rotatable bonds is 4. The van der Waals surface area contributed by atoms with Crippen molar-refractivity contribution >= 4 is 23.7 Å². The van der Waals surface area contributed by atoms with Gasteiger partial charge in [-0.1, -0.05) is 30.0 Å². The van der Waals surface area contributed by atoms with Gasteiger partial charge in [0.1, 0.15) is 5.82 Å². The number of hydrogen-bond acceptors (Lipinski definition) is 5. The van der Waals surface area contributed by atoms with E-state index in [1.807, 2.05) is 41.8 Å². The Morgan fingerprint density at radius 2 is 2.04 bits per heavy atom. The number of imide groups is 1. The van der Waals surface area contributed by atoms with Gasteiger partial charge >= 0.3 is 6.03 Å². The molecule has 120 valence electrons. The third-order valence-electron chi connectivity index (χ3n) is 3.56. The van der Waals surface area contributed by atoms with Gasteiger partial charge in [-0.15, -0.1) is 10.2 Å². The van der Waals surface area contributed by atoms with Gasteiger partial charge in [0.25, 0.3) is 0 Å². The minimum Gasteiger partial charge on any atom is -0.336 e. The highest BCUT2D eigenvalue weighted by atomic mass is 32.2. The maximum absolute atomic E-state index is 12.4. The number of carbonyl (C=O) groups is 2. The lowest BCUT2D eigenvalue weighted by Gasteiger charge is -2.17. The van der Waals surface area contributed by atoms with E-state index in [1.165, 1.54) is 16.7 Å². The van der Waals surface area contributed by atoms with Crippen LogP contribution in [0.4, 0.5) is 4.79 Å². The monoisotopic (exact) mass is 331 g/mol. The second-order valence-electron chi connectivity index (χ2n) is 5.18. The summed E-state index contributed by atoms with van der Waals surface area (Å²) in [4.78, 5) is 25.3. The zero-order valence-corrected chi connectivity index (χ0v) is 13.7. The van der Waals surface area contributed by atoms with E-state index in [4.69, 9.17) is 0 Å². The number of benzene rings is 1. The fourth-order valence-electron chi connectivity index (χ4n) is 2.40. The van der Waals surface area contributed by atoms with Crippen molar-refractivity contribution in [2.45, 2.75) is 24.3 Å². The molecule has 23 heavy (non-hydrogen) atoms. The molecule has 1 saturated heterocycles. The first kappa shape index (κ1) is 15.5. The summed E-state index contributed by atoms with van der Waals surface area (Å²) in [7, 11) is 0. The molecular weight excluding hydrogens is 314 g/mol. The fraction of sp³-hybridized carbons (Fsp3) is 0.333. The van der Waals surface area contributed by atoms with Crippen molar-refractivity contribution in [2.75, 3.05) is 13.1 Å². The Morgan fingerprint density at radius 1 is 1.30 bits per heavy atom. The van der Waals surface area contributed by atoms with Crippen LogP contribution in [0.25, 0.3) is 5.69 Å². The van der Waals surface area contributed by atoms with Crippen molar-refractivity contribution in [3.8, 4) is 5.69 Å². The van der Waals surface area contributed by atoms with Gasteiger partial charge < -0.3 is 5.32 Å². The van der Waals surface area contributed by atoms with Gasteiger partial charge in [0.05, 0.1) is 5.25 Å². The van der Waals surface area contributed by atoms with E-state index < -0.39 is 5.25 Å². The number of urea groups is 1. The third kappa shape index (κ3) is 3.07. The predicted octanol–water partition coefficient (Wildman–Crippen LogP) is 1.61. The van der Waals surface area contributed by atoms with Crippen LogP contribution < -0.4 is 5.32 Å². The Balaban J connectivity index is 1.81. The van der Waals surface area contributed by atoms with Crippen LogP contribution in [-0.4, -0.2) is 49.9 Å². The molecule has 1 atom stereocenters. The lowest BCUT2D eigenvalue weighted by atomic mass is 10.3. The summed E-state index contributed by atoms with van der Waals surface area (Å²) in [5, 5.41) is 11.1. The van der Waals surface area contributed by atoms with Crippen LogP contribution in [0, 0.1) is 6.92 Å². The van der Waals surface area contributed by atoms with Crippen molar-refractivity contribution < 1.29 is 9.59 Å². The fourth-order valence-corrected chi connectivity index (χ4v) is 3.38. The second-order valence-corrected chi connectivity index (χ2v) is 6.49. The molecule has 1 aromatic heterocycles. The van der Waals surface area contributed by atoms with E-state index in [2.05, 4.69) is 15.5 Å². The number of nitrogens with zero attached hydrogens (tertiary/aromatic N) is 4. The zero-order valence-electron chi connectivity index (χ0n) is 12.9. The van der Waals surface area contributed by atoms with Crippen LogP contribution in [0.2, 0.25) is 0 Å². The minimum absolute atomic E-state index is 0.217. The molecule has 0 radical (unpaired) electrons. The largest absolute Gasteiger partial charge is 0.336 e. The summed E-state index contributed by atoms with van der Waals surface area (Å²) in [5.41, 5.74) is 0.941. The lowest BCUT2D eigenvalue weighted by molar-refractivity contribution is -0.126. The number of carbonyl (C=O) groups excluding carboxylic acids is 2. The highest BCUT2D eigenvalue weighted by Crippen LogP contribution is 2.26. The van der Waals surface area contributed by atoms with E-state index in [1.54, 1.807) is 6.92 Å². The van der Waals surface area contributed by atoms with Crippen LogP contribution in [0.1, 0.15) is 12.7 Å². The highest BCUT2D eigenvalue weighted by molar-refractivity contribution is 8.00. The van der Waals surface area contributed by atoms with Crippen molar-refractivity contribution in [2.24, 2.45) is 0 Å². The third-order valence-corrected chi connectivity index (χ3v) is 4.59. The molecule has 3 rings (SSSR count). The normalized spacial score (nSPS) is 15.6. The maximum Gasteiger partial charge on any atom is 0.324 e. The quantitative estimate of drug-likeness (QED) is 0.861. The van der Waals surface area contributed by atoms with Gasteiger partial charge in [0.15, 0.2) is 5.16 Å². The van der Waals surface area contributed by atoms with Gasteiger partial charge in [0.2, 0.25) is 5.91 Å². The van der Waals surface area contributed by atoms with Gasteiger partial charge in [-0.05, 0) is 26.0 Å². The predicted molar refractivity (Wildman–Crippen MR) is 86.5 cm³/mol. The number of hydrogen-bond donors (Lipinski definition) is 1. The first-order valence-corrected chi connectivity index (χ1v) is 8.19. The Labute approximate surface area is 138 Å². The van der Waals surface area contributed by atoms with E-state index in [9.17, 15) is 9.59 Å². The van der Waals surface area contributed by atoms with Gasteiger partial charge in [-0.25, -0.2) is 4.79 Å². The smallest absolute Gasteiger partial charge is 0.324 e. The van der Waals surface area contributed by atoms with Crippen LogP contribution in [-0.2, 0) is 4.79 Å². The van der Waals surface area contributed by atoms with Crippen LogP contribution >= 0.6 is 11.8 Å². The number of amides is 3. The number of thioether (sulfide) groups is 1. The molecule has 8 heteroatoms. The van der Waals surface area contributed by atoms with E-state index in [-0.39, 0.29) is 11.9 Å². The first-order valence-electron chi connectivity index (χ1n) is 7.31. The number of aromatic nitrogens is 3. The zero-order chi connectivity index (χ0) is 16.4. The SMILES string of the molecule is Cc1nnc(S[C@@H](C)C(=O)N2CCNC2=O)n1-c1ccccc1. The van der Waals surface area contributed by atoms with E-state index in [0.29, 0.717) is 18.2 Å². The molecule has 2 aromatic rings. The molecule has 7 nitrogen and oxygen atoms in total. The summed E-state index contributed by atoms with van der Waals surface area (Å²) < 4.78 is 1.90. The topological polar surface area (TPSA) is 80.1 Å². The highest BCUT2D eigenvalue weighted by Gasteiger charge is 2.31. The van der Waals surface area contributed by atoms with E-state index >= 15 is 0 Å². The molecule has 2 heterocycles. The summed E-state index contributed by atoms with van der Waals surface area (Å²) >= 11 is 1.30. The van der Waals surface area contributed by atoms with Crippen LogP contribution in [0.5, 0.6) is 0 Å². The number of aryl methyl sites for hydroxylation is 1. The molecular formula is C15H17N5O2S. The molecule has 0 saturated carbocycles. The van der Waals surface area contributed by atoms with Crippen molar-refractivity contribution in [3.05, 3.63) is 36.2 Å². The molecule has 0 unspecified atom stereocenters. The molecule has 1 aliphatic rings. The number of para-hydroxylation sites is 1. The van der Waals surface area contributed by atoms with Gasteiger partial charge in [0, 0.05) is 18.8 Å².